The molecule has 0 saturated heterocycles. The summed E-state index contributed by atoms with van der Waals surface area (Å²) < 4.78 is 85.2. The molecule has 52 heavy (non-hydrogen) atoms. The van der Waals surface area contributed by atoms with Crippen LogP contribution in [0.15, 0.2) is 119 Å². The first kappa shape index (κ1) is 36.8. The Morgan fingerprint density at radius 1 is 0.673 bits per heavy atom. The molecule has 0 amide bonds. The Bertz CT molecular complexity index is 2550. The number of esters is 1. The number of fused-ring (bicyclic) bond motifs is 2. The maximum absolute atomic E-state index is 14.6. The number of hydrogen-bond acceptors (Lipinski definition) is 7. The van der Waals surface area contributed by atoms with Gasteiger partial charge in [-0.25, -0.2) is 25.6 Å². The molecule has 0 saturated carbocycles. The van der Waals surface area contributed by atoms with Crippen LogP contribution in [0.5, 0.6) is 0 Å². The lowest BCUT2D eigenvalue weighted by atomic mass is 9.92. The van der Waals surface area contributed by atoms with E-state index in [1.54, 1.807) is 50.2 Å². The zero-order valence-corrected chi connectivity index (χ0v) is 30.3. The van der Waals surface area contributed by atoms with E-state index in [1.165, 1.54) is 73.7 Å². The number of benzene rings is 6. The fraction of sp³-hybridized carbons (Fsp3) is 0.195. The van der Waals surface area contributed by atoms with Gasteiger partial charge in [0.2, 0.25) is 0 Å². The van der Waals surface area contributed by atoms with Gasteiger partial charge in [-0.05, 0) is 99.3 Å². The summed E-state index contributed by atoms with van der Waals surface area (Å²) >= 11 is 0. The molecular formula is C41H36F2O7S2. The average molecular weight is 743 g/mol. The van der Waals surface area contributed by atoms with Gasteiger partial charge in [0, 0.05) is 11.1 Å². The number of hydrogen-bond donors (Lipinski definition) is 1. The number of aliphatic hydroxyl groups is 1. The van der Waals surface area contributed by atoms with Gasteiger partial charge in [0.05, 0.1) is 27.7 Å². The molecule has 11 heteroatoms. The van der Waals surface area contributed by atoms with Crippen LogP contribution in [-0.4, -0.2) is 39.4 Å². The Labute approximate surface area is 301 Å². The summed E-state index contributed by atoms with van der Waals surface area (Å²) in [4.78, 5) is 14.1. The molecule has 0 aliphatic rings. The minimum Gasteiger partial charge on any atom is -0.452 e. The van der Waals surface area contributed by atoms with Crippen LogP contribution >= 0.6 is 0 Å². The summed E-state index contributed by atoms with van der Waals surface area (Å²) in [6.07, 6.45) is -2.61. The predicted octanol–water partition coefficient (Wildman–Crippen LogP) is 8.12. The molecule has 6 aromatic rings. The Hall–Kier alpha value is -4.97. The number of carbonyl (C=O) groups excluding carboxylic acids is 1. The average Bonchev–Trinajstić information content (AvgIpc) is 3.13. The number of ether oxygens (including phenoxy) is 1. The zero-order valence-electron chi connectivity index (χ0n) is 28.6. The second kappa shape index (κ2) is 14.6. The van der Waals surface area contributed by atoms with Crippen molar-refractivity contribution < 1.29 is 40.3 Å². The summed E-state index contributed by atoms with van der Waals surface area (Å²) in [5, 5.41) is 13.7. The molecule has 2 atom stereocenters. The highest BCUT2D eigenvalue weighted by molar-refractivity contribution is 7.91. The summed E-state index contributed by atoms with van der Waals surface area (Å²) in [5.41, 5.74) is 2.68. The molecule has 0 aliphatic carbocycles. The maximum Gasteiger partial charge on any atom is 0.311 e. The second-order valence-corrected chi connectivity index (χ2v) is 17.2. The highest BCUT2D eigenvalue weighted by Crippen LogP contribution is 2.36. The summed E-state index contributed by atoms with van der Waals surface area (Å²) in [6.45, 7) is 4.81. The van der Waals surface area contributed by atoms with Crippen molar-refractivity contribution in [3.8, 4) is 0 Å². The Balaban J connectivity index is 1.39. The van der Waals surface area contributed by atoms with Crippen molar-refractivity contribution in [1.29, 1.82) is 0 Å². The van der Waals surface area contributed by atoms with Crippen molar-refractivity contribution in [2.45, 2.75) is 49.2 Å². The highest BCUT2D eigenvalue weighted by Gasteiger charge is 2.26. The van der Waals surface area contributed by atoms with Gasteiger partial charge in [-0.3, -0.25) is 4.79 Å². The molecular weight excluding hydrogens is 707 g/mol. The third kappa shape index (κ3) is 7.48. The van der Waals surface area contributed by atoms with Crippen molar-refractivity contribution >= 4 is 47.2 Å². The van der Waals surface area contributed by atoms with Gasteiger partial charge >= 0.3 is 5.97 Å². The summed E-state index contributed by atoms with van der Waals surface area (Å²) in [5.74, 6) is -1.85. The van der Waals surface area contributed by atoms with Crippen molar-refractivity contribution in [2.75, 3.05) is 11.5 Å². The van der Waals surface area contributed by atoms with Crippen molar-refractivity contribution in [2.24, 2.45) is 0 Å². The number of sulfone groups is 2. The number of carbonyl (C=O) groups is 1. The topological polar surface area (TPSA) is 115 Å². The van der Waals surface area contributed by atoms with Crippen molar-refractivity contribution in [1.82, 2.24) is 0 Å². The van der Waals surface area contributed by atoms with Gasteiger partial charge in [-0.15, -0.1) is 0 Å². The monoisotopic (exact) mass is 742 g/mol. The zero-order chi connectivity index (χ0) is 37.4. The first-order valence-electron chi connectivity index (χ1n) is 16.6. The molecule has 6 aromatic carbocycles. The Morgan fingerprint density at radius 3 is 1.90 bits per heavy atom. The maximum atomic E-state index is 14.6. The van der Waals surface area contributed by atoms with Gasteiger partial charge < -0.3 is 9.84 Å². The minimum absolute atomic E-state index is 0.0825. The molecule has 0 fully saturated rings. The molecule has 0 aromatic heterocycles. The van der Waals surface area contributed by atoms with E-state index in [0.29, 0.717) is 54.9 Å². The number of aryl methyl sites for hydroxylation is 1. The molecule has 0 bridgehead atoms. The largest absolute Gasteiger partial charge is 0.452 e. The molecule has 0 spiro atoms. The normalized spacial score (nSPS) is 13.3. The van der Waals surface area contributed by atoms with E-state index < -0.39 is 49.5 Å². The van der Waals surface area contributed by atoms with E-state index in [1.807, 2.05) is 6.07 Å². The van der Waals surface area contributed by atoms with Crippen LogP contribution in [0, 0.1) is 18.6 Å². The molecule has 1 N–H and O–H groups in total. The van der Waals surface area contributed by atoms with E-state index in [0.717, 1.165) is 0 Å². The van der Waals surface area contributed by atoms with Gasteiger partial charge in [0.25, 0.3) is 0 Å². The van der Waals surface area contributed by atoms with Crippen molar-refractivity contribution in [3.05, 3.63) is 154 Å². The molecule has 268 valence electrons. The molecule has 0 radical (unpaired) electrons. The third-order valence-corrected chi connectivity index (χ3v) is 12.7. The predicted molar refractivity (Wildman–Crippen MR) is 197 cm³/mol. The molecule has 2 unspecified atom stereocenters. The van der Waals surface area contributed by atoms with Crippen LogP contribution in [0.1, 0.15) is 59.4 Å². The standard InChI is InChI=1S/C41H36F2O7S2/c1-4-51(46,47)32-15-11-28(12-16-32)40(45)38-21-26(20-29-10-14-31(43)24-37(29)38)22-39(44)50-41(34-18-17-33(19-25(34)3)52(48,49)5-2)35-8-6-7-27-9-13-30(42)23-36(27)35/h6-21,23-24,40-41,45H,4-5,22H2,1-3H3. The lowest BCUT2D eigenvalue weighted by molar-refractivity contribution is -0.146. The van der Waals surface area contributed by atoms with Crippen molar-refractivity contribution in [3.63, 3.8) is 0 Å². The van der Waals surface area contributed by atoms with Gasteiger partial charge in [-0.1, -0.05) is 74.5 Å². The van der Waals surface area contributed by atoms with E-state index in [9.17, 15) is 35.5 Å². The quantitative estimate of drug-likeness (QED) is 0.133. The third-order valence-electron chi connectivity index (χ3n) is 9.26. The van der Waals surface area contributed by atoms with Gasteiger partial charge in [-0.2, -0.15) is 0 Å². The van der Waals surface area contributed by atoms with E-state index in [2.05, 4.69) is 0 Å². The molecule has 0 aliphatic heterocycles. The molecule has 7 nitrogen and oxygen atoms in total. The van der Waals surface area contributed by atoms with Crippen LogP contribution < -0.4 is 0 Å². The Morgan fingerprint density at radius 2 is 1.27 bits per heavy atom. The Kier molecular flexibility index (Phi) is 10.3. The van der Waals surface area contributed by atoms with E-state index in [-0.39, 0.29) is 27.7 Å². The molecule has 0 heterocycles. The fourth-order valence-electron chi connectivity index (χ4n) is 6.39. The second-order valence-electron chi connectivity index (χ2n) is 12.6. The van der Waals surface area contributed by atoms with Gasteiger partial charge in [0.15, 0.2) is 25.8 Å². The summed E-state index contributed by atoms with van der Waals surface area (Å²) in [6, 6.07) is 27.4. The fourth-order valence-corrected chi connectivity index (χ4v) is 8.24. The first-order chi connectivity index (χ1) is 24.7. The van der Waals surface area contributed by atoms with E-state index in [4.69, 9.17) is 4.74 Å². The number of rotatable bonds is 11. The van der Waals surface area contributed by atoms with E-state index >= 15 is 0 Å². The van der Waals surface area contributed by atoms with Crippen LogP contribution in [0.2, 0.25) is 0 Å². The van der Waals surface area contributed by atoms with Crippen LogP contribution in [0.25, 0.3) is 21.5 Å². The van der Waals surface area contributed by atoms with Gasteiger partial charge in [0.1, 0.15) is 17.7 Å². The lowest BCUT2D eigenvalue weighted by Gasteiger charge is -2.23. The highest BCUT2D eigenvalue weighted by atomic mass is 32.2. The smallest absolute Gasteiger partial charge is 0.311 e. The number of aliphatic hydroxyl groups excluding tert-OH is 1. The minimum atomic E-state index is -3.52. The molecule has 6 rings (SSSR count). The van der Waals surface area contributed by atoms with Crippen LogP contribution in [0.4, 0.5) is 8.78 Å². The SMILES string of the molecule is CCS(=O)(=O)c1ccc(C(O)c2cc(CC(=O)OC(c3ccc(S(=O)(=O)CC)cc3C)c3cccc4ccc(F)cc34)cc3ccc(F)cc23)cc1. The summed E-state index contributed by atoms with van der Waals surface area (Å²) in [7, 11) is -6.99. The lowest BCUT2D eigenvalue weighted by Crippen LogP contribution is -2.17. The first-order valence-corrected chi connectivity index (χ1v) is 19.9. The van der Waals surface area contributed by atoms with Crippen LogP contribution in [-0.2, 0) is 35.6 Å². The number of halogens is 2. The van der Waals surface area contributed by atoms with Crippen LogP contribution in [0.3, 0.4) is 0 Å².